The molecule has 0 saturated carbocycles. The first-order chi connectivity index (χ1) is 7.91. The van der Waals surface area contributed by atoms with Gasteiger partial charge in [-0.2, -0.15) is 0 Å². The van der Waals surface area contributed by atoms with Crippen LogP contribution in [0.2, 0.25) is 0 Å². The summed E-state index contributed by atoms with van der Waals surface area (Å²) in [5.41, 5.74) is 6.50. The number of nitrogen functional groups attached to an aromatic ring is 1. The van der Waals surface area contributed by atoms with Gasteiger partial charge < -0.3 is 16.0 Å². The summed E-state index contributed by atoms with van der Waals surface area (Å²) in [7, 11) is 3.26. The first-order valence-electron chi connectivity index (χ1n) is 4.95. The van der Waals surface area contributed by atoms with Crippen molar-refractivity contribution in [3.05, 3.63) is 28.2 Å². The molecule has 0 radical (unpaired) electrons. The number of rotatable bonds is 3. The molecular formula is C11H14BrN3O2. The molecule has 17 heavy (non-hydrogen) atoms. The Morgan fingerprint density at radius 3 is 2.65 bits per heavy atom. The molecule has 6 heteroatoms. The van der Waals surface area contributed by atoms with Crippen LogP contribution >= 0.6 is 15.9 Å². The third-order valence-electron chi connectivity index (χ3n) is 2.13. The van der Waals surface area contributed by atoms with E-state index in [1.54, 1.807) is 32.3 Å². The fourth-order valence-electron chi connectivity index (χ4n) is 1.13. The maximum Gasteiger partial charge on any atom is 0.252 e. The first-order valence-corrected chi connectivity index (χ1v) is 5.74. The van der Waals surface area contributed by atoms with Gasteiger partial charge in [-0.15, -0.1) is 0 Å². The molecule has 0 bridgehead atoms. The Labute approximate surface area is 108 Å². The van der Waals surface area contributed by atoms with Gasteiger partial charge in [0.2, 0.25) is 5.91 Å². The zero-order valence-corrected chi connectivity index (χ0v) is 11.2. The average molecular weight is 300 g/mol. The molecule has 0 spiro atoms. The van der Waals surface area contributed by atoms with Crippen LogP contribution in [0.4, 0.5) is 5.69 Å². The molecule has 0 heterocycles. The minimum Gasteiger partial charge on any atom is -0.399 e. The summed E-state index contributed by atoms with van der Waals surface area (Å²) in [6, 6.07) is 4.93. The second-order valence-electron chi connectivity index (χ2n) is 3.71. The van der Waals surface area contributed by atoms with Crippen molar-refractivity contribution >= 4 is 33.4 Å². The molecule has 5 nitrogen and oxygen atoms in total. The lowest BCUT2D eigenvalue weighted by Crippen LogP contribution is -2.36. The van der Waals surface area contributed by atoms with Crippen molar-refractivity contribution in [1.29, 1.82) is 0 Å². The van der Waals surface area contributed by atoms with Crippen molar-refractivity contribution < 1.29 is 9.59 Å². The van der Waals surface area contributed by atoms with E-state index in [1.165, 1.54) is 4.90 Å². The quantitative estimate of drug-likeness (QED) is 0.813. The molecule has 1 aromatic carbocycles. The number of hydrogen-bond acceptors (Lipinski definition) is 3. The molecule has 1 rings (SSSR count). The molecule has 0 unspecified atom stereocenters. The second kappa shape index (κ2) is 5.67. The Kier molecular flexibility index (Phi) is 4.51. The first kappa shape index (κ1) is 13.5. The summed E-state index contributed by atoms with van der Waals surface area (Å²) in [6.07, 6.45) is 0. The summed E-state index contributed by atoms with van der Waals surface area (Å²) >= 11 is 3.26. The van der Waals surface area contributed by atoms with Gasteiger partial charge in [-0.3, -0.25) is 9.59 Å². The molecule has 3 N–H and O–H groups in total. The zero-order chi connectivity index (χ0) is 13.0. The zero-order valence-electron chi connectivity index (χ0n) is 9.66. The predicted octanol–water partition coefficient (Wildman–Crippen LogP) is 0.849. The number of nitrogens with zero attached hydrogens (tertiary/aromatic N) is 1. The molecule has 0 aromatic heterocycles. The summed E-state index contributed by atoms with van der Waals surface area (Å²) < 4.78 is 0.640. The highest BCUT2D eigenvalue weighted by molar-refractivity contribution is 9.10. The van der Waals surface area contributed by atoms with E-state index >= 15 is 0 Å². The van der Waals surface area contributed by atoms with Gasteiger partial charge in [0.25, 0.3) is 5.91 Å². The largest absolute Gasteiger partial charge is 0.399 e. The fraction of sp³-hybridized carbons (Fsp3) is 0.273. The standard InChI is InChI=1S/C11H14BrN3O2/c1-15(2)10(16)6-14-11(17)8-5-7(13)3-4-9(8)12/h3-5H,6,13H2,1-2H3,(H,14,17). The van der Waals surface area contributed by atoms with Crippen LogP contribution in [0.5, 0.6) is 0 Å². The minimum atomic E-state index is -0.334. The smallest absolute Gasteiger partial charge is 0.252 e. The van der Waals surface area contributed by atoms with Crippen LogP contribution in [-0.4, -0.2) is 37.4 Å². The number of halogens is 1. The average Bonchev–Trinajstić information content (AvgIpc) is 2.28. The summed E-state index contributed by atoms with van der Waals surface area (Å²) in [4.78, 5) is 24.5. The Balaban J connectivity index is 2.70. The Bertz CT molecular complexity index is 446. The number of anilines is 1. The van der Waals surface area contributed by atoms with Gasteiger partial charge in [0.1, 0.15) is 0 Å². The molecule has 0 aliphatic rings. The van der Waals surface area contributed by atoms with E-state index in [1.807, 2.05) is 0 Å². The van der Waals surface area contributed by atoms with E-state index in [0.29, 0.717) is 15.7 Å². The minimum absolute atomic E-state index is 0.0347. The summed E-state index contributed by atoms with van der Waals surface area (Å²) in [6.45, 7) is -0.0347. The fourth-order valence-corrected chi connectivity index (χ4v) is 1.55. The van der Waals surface area contributed by atoms with E-state index in [-0.39, 0.29) is 18.4 Å². The molecule has 0 saturated heterocycles. The van der Waals surface area contributed by atoms with Crippen molar-refractivity contribution in [3.8, 4) is 0 Å². The van der Waals surface area contributed by atoms with Crippen molar-refractivity contribution in [2.24, 2.45) is 0 Å². The van der Waals surface area contributed by atoms with Crippen molar-refractivity contribution in [1.82, 2.24) is 10.2 Å². The lowest BCUT2D eigenvalue weighted by molar-refractivity contribution is -0.127. The lowest BCUT2D eigenvalue weighted by Gasteiger charge is -2.11. The lowest BCUT2D eigenvalue weighted by atomic mass is 10.2. The maximum absolute atomic E-state index is 11.8. The monoisotopic (exact) mass is 299 g/mol. The molecule has 0 atom stereocenters. The van der Waals surface area contributed by atoms with Crippen LogP contribution in [0.15, 0.2) is 22.7 Å². The van der Waals surface area contributed by atoms with Crippen molar-refractivity contribution in [2.75, 3.05) is 26.4 Å². The van der Waals surface area contributed by atoms with E-state index < -0.39 is 0 Å². The number of nitrogens with one attached hydrogen (secondary N) is 1. The van der Waals surface area contributed by atoms with E-state index in [4.69, 9.17) is 5.73 Å². The number of carbonyl (C=O) groups excluding carboxylic acids is 2. The molecule has 1 aromatic rings. The number of nitrogens with two attached hydrogens (primary N) is 1. The van der Waals surface area contributed by atoms with Gasteiger partial charge in [0, 0.05) is 24.3 Å². The van der Waals surface area contributed by atoms with Gasteiger partial charge >= 0.3 is 0 Å². The van der Waals surface area contributed by atoms with Crippen LogP contribution < -0.4 is 11.1 Å². The molecule has 0 fully saturated rings. The van der Waals surface area contributed by atoms with E-state index in [2.05, 4.69) is 21.2 Å². The van der Waals surface area contributed by atoms with Crippen LogP contribution in [0, 0.1) is 0 Å². The third-order valence-corrected chi connectivity index (χ3v) is 2.83. The number of benzene rings is 1. The SMILES string of the molecule is CN(C)C(=O)CNC(=O)c1cc(N)ccc1Br. The highest BCUT2D eigenvalue weighted by Gasteiger charge is 2.12. The van der Waals surface area contributed by atoms with Gasteiger partial charge in [-0.25, -0.2) is 0 Å². The molecular weight excluding hydrogens is 286 g/mol. The highest BCUT2D eigenvalue weighted by Crippen LogP contribution is 2.19. The van der Waals surface area contributed by atoms with Crippen LogP contribution in [0.25, 0.3) is 0 Å². The van der Waals surface area contributed by atoms with Crippen LogP contribution in [0.3, 0.4) is 0 Å². The summed E-state index contributed by atoms with van der Waals surface area (Å²) in [5, 5.41) is 2.53. The van der Waals surface area contributed by atoms with Crippen LogP contribution in [-0.2, 0) is 4.79 Å². The van der Waals surface area contributed by atoms with E-state index in [0.717, 1.165) is 0 Å². The number of likely N-dealkylation sites (N-methyl/N-ethyl adjacent to an activating group) is 1. The van der Waals surface area contributed by atoms with Crippen molar-refractivity contribution in [3.63, 3.8) is 0 Å². The van der Waals surface area contributed by atoms with Crippen molar-refractivity contribution in [2.45, 2.75) is 0 Å². The molecule has 0 aliphatic carbocycles. The Morgan fingerprint density at radius 1 is 1.41 bits per heavy atom. The number of carbonyl (C=O) groups is 2. The normalized spacial score (nSPS) is 9.82. The Hall–Kier alpha value is -1.56. The maximum atomic E-state index is 11.8. The molecule has 2 amide bonds. The topological polar surface area (TPSA) is 75.4 Å². The van der Waals surface area contributed by atoms with Crippen LogP contribution in [0.1, 0.15) is 10.4 Å². The predicted molar refractivity (Wildman–Crippen MR) is 69.6 cm³/mol. The number of amides is 2. The van der Waals surface area contributed by atoms with Gasteiger partial charge in [0.15, 0.2) is 0 Å². The van der Waals surface area contributed by atoms with E-state index in [9.17, 15) is 9.59 Å². The molecule has 0 aliphatic heterocycles. The highest BCUT2D eigenvalue weighted by atomic mass is 79.9. The van der Waals surface area contributed by atoms with Gasteiger partial charge in [-0.05, 0) is 34.1 Å². The second-order valence-corrected chi connectivity index (χ2v) is 4.56. The van der Waals surface area contributed by atoms with Gasteiger partial charge in [0.05, 0.1) is 12.1 Å². The third kappa shape index (κ3) is 3.74. The molecule has 92 valence electrons. The van der Waals surface area contributed by atoms with Gasteiger partial charge in [-0.1, -0.05) is 0 Å². The Morgan fingerprint density at radius 2 is 2.06 bits per heavy atom. The summed E-state index contributed by atoms with van der Waals surface area (Å²) in [5.74, 6) is -0.502. The number of hydrogen-bond donors (Lipinski definition) is 2.